The van der Waals surface area contributed by atoms with Crippen LogP contribution >= 0.6 is 9.39 Å². The van der Waals surface area contributed by atoms with Crippen molar-refractivity contribution in [1.29, 1.82) is 0 Å². The summed E-state index contributed by atoms with van der Waals surface area (Å²) in [6.45, 7) is 2.13. The summed E-state index contributed by atoms with van der Waals surface area (Å²) in [6.07, 6.45) is 0. The fourth-order valence-electron chi connectivity index (χ4n) is 2.12. The Kier molecular flexibility index (Phi) is 1.83. The Labute approximate surface area is 91.0 Å². The van der Waals surface area contributed by atoms with Crippen LogP contribution in [-0.4, -0.2) is 4.34 Å². The largest absolute Gasteiger partial charge is 0.325 e. The standard InChI is InChI=1S/C13H12NP/c1-9-6-7-13-11(8-9)10-4-2-3-5-12(10)14(13)15/h2-8H,15H2,1H3. The number of rotatable bonds is 0. The average molecular weight is 213 g/mol. The van der Waals surface area contributed by atoms with Crippen molar-refractivity contribution in [3.63, 3.8) is 0 Å². The van der Waals surface area contributed by atoms with E-state index in [1.165, 1.54) is 27.4 Å². The molecule has 74 valence electrons. The third-order valence-electron chi connectivity index (χ3n) is 2.87. The first kappa shape index (κ1) is 8.94. The smallest absolute Gasteiger partial charge is 0.0521 e. The van der Waals surface area contributed by atoms with E-state index < -0.39 is 0 Å². The van der Waals surface area contributed by atoms with Gasteiger partial charge in [0.05, 0.1) is 11.0 Å². The van der Waals surface area contributed by atoms with Crippen LogP contribution < -0.4 is 0 Å². The van der Waals surface area contributed by atoms with Gasteiger partial charge >= 0.3 is 0 Å². The molecule has 0 saturated carbocycles. The summed E-state index contributed by atoms with van der Waals surface area (Å²) in [5.41, 5.74) is 3.85. The maximum atomic E-state index is 2.78. The maximum absolute atomic E-state index is 2.78. The van der Waals surface area contributed by atoms with Gasteiger partial charge in [0, 0.05) is 10.8 Å². The number of aromatic nitrogens is 1. The summed E-state index contributed by atoms with van der Waals surface area (Å²) in [4.78, 5) is 0. The second kappa shape index (κ2) is 3.08. The van der Waals surface area contributed by atoms with Gasteiger partial charge in [-0.25, -0.2) is 0 Å². The predicted molar refractivity (Wildman–Crippen MR) is 69.3 cm³/mol. The minimum Gasteiger partial charge on any atom is -0.325 e. The van der Waals surface area contributed by atoms with Gasteiger partial charge in [-0.2, -0.15) is 0 Å². The van der Waals surface area contributed by atoms with Crippen molar-refractivity contribution < 1.29 is 0 Å². The van der Waals surface area contributed by atoms with Gasteiger partial charge in [-0.3, -0.25) is 0 Å². The molecule has 1 heterocycles. The lowest BCUT2D eigenvalue weighted by atomic mass is 10.1. The number of aryl methyl sites for hydroxylation is 1. The van der Waals surface area contributed by atoms with Gasteiger partial charge in [0.2, 0.25) is 0 Å². The minimum atomic E-state index is 1.27. The molecule has 15 heavy (non-hydrogen) atoms. The van der Waals surface area contributed by atoms with Crippen LogP contribution in [0.1, 0.15) is 5.56 Å². The van der Waals surface area contributed by atoms with Gasteiger partial charge in [0.1, 0.15) is 0 Å². The van der Waals surface area contributed by atoms with Crippen LogP contribution in [-0.2, 0) is 0 Å². The van der Waals surface area contributed by atoms with Gasteiger partial charge in [-0.15, -0.1) is 0 Å². The number of benzene rings is 2. The lowest BCUT2D eigenvalue weighted by molar-refractivity contribution is 1.41. The lowest BCUT2D eigenvalue weighted by Crippen LogP contribution is -1.77. The number of fused-ring (bicyclic) bond motifs is 3. The van der Waals surface area contributed by atoms with Gasteiger partial charge in [-0.1, -0.05) is 29.8 Å². The van der Waals surface area contributed by atoms with Crippen molar-refractivity contribution in [1.82, 2.24) is 4.34 Å². The summed E-state index contributed by atoms with van der Waals surface area (Å²) in [6, 6.07) is 15.1. The monoisotopic (exact) mass is 213 g/mol. The lowest BCUT2D eigenvalue weighted by Gasteiger charge is -1.96. The van der Waals surface area contributed by atoms with Gasteiger partial charge in [0.25, 0.3) is 0 Å². The second-order valence-corrected chi connectivity index (χ2v) is 4.42. The van der Waals surface area contributed by atoms with Gasteiger partial charge in [0.15, 0.2) is 0 Å². The van der Waals surface area contributed by atoms with Gasteiger partial charge < -0.3 is 4.34 Å². The molecule has 0 amide bonds. The van der Waals surface area contributed by atoms with E-state index in [1.807, 2.05) is 0 Å². The summed E-state index contributed by atoms with van der Waals surface area (Å²) < 4.78 is 2.17. The Balaban J connectivity index is 2.64. The van der Waals surface area contributed by atoms with Crippen molar-refractivity contribution in [2.24, 2.45) is 0 Å². The van der Waals surface area contributed by atoms with Crippen LogP contribution in [0.25, 0.3) is 21.8 Å². The molecule has 2 aromatic carbocycles. The fraction of sp³-hybridized carbons (Fsp3) is 0.0769. The first-order valence-electron chi connectivity index (χ1n) is 5.02. The predicted octanol–water partition coefficient (Wildman–Crippen LogP) is 3.74. The minimum absolute atomic E-state index is 1.27. The molecule has 0 N–H and O–H groups in total. The van der Waals surface area contributed by atoms with E-state index in [2.05, 4.69) is 63.1 Å². The highest BCUT2D eigenvalue weighted by molar-refractivity contribution is 7.15. The molecule has 0 saturated heterocycles. The van der Waals surface area contributed by atoms with Crippen molar-refractivity contribution in [3.05, 3.63) is 48.0 Å². The molecule has 0 aliphatic carbocycles. The Morgan fingerprint density at radius 1 is 0.933 bits per heavy atom. The van der Waals surface area contributed by atoms with Crippen LogP contribution in [0, 0.1) is 6.92 Å². The van der Waals surface area contributed by atoms with E-state index >= 15 is 0 Å². The molecule has 1 nitrogen and oxygen atoms in total. The summed E-state index contributed by atoms with van der Waals surface area (Å²) in [7, 11) is 2.78. The molecule has 3 aromatic rings. The highest BCUT2D eigenvalue weighted by Crippen LogP contribution is 2.30. The molecule has 0 aliphatic rings. The SMILES string of the molecule is Cc1ccc2c(c1)c1ccccc1n2P. The van der Waals surface area contributed by atoms with Crippen LogP contribution in [0.4, 0.5) is 0 Å². The maximum Gasteiger partial charge on any atom is 0.0521 e. The van der Waals surface area contributed by atoms with Crippen LogP contribution in [0.2, 0.25) is 0 Å². The fourth-order valence-corrected chi connectivity index (χ4v) is 2.57. The van der Waals surface area contributed by atoms with Crippen molar-refractivity contribution in [2.75, 3.05) is 0 Å². The van der Waals surface area contributed by atoms with Crippen molar-refractivity contribution >= 4 is 31.2 Å². The Bertz CT molecular complexity index is 652. The highest BCUT2D eigenvalue weighted by Gasteiger charge is 2.06. The van der Waals surface area contributed by atoms with Crippen LogP contribution in [0.3, 0.4) is 0 Å². The highest BCUT2D eigenvalue weighted by atomic mass is 31.0. The third-order valence-corrected chi connectivity index (χ3v) is 3.42. The van der Waals surface area contributed by atoms with E-state index in [0.29, 0.717) is 0 Å². The van der Waals surface area contributed by atoms with Crippen molar-refractivity contribution in [2.45, 2.75) is 6.92 Å². The van der Waals surface area contributed by atoms with Crippen LogP contribution in [0.15, 0.2) is 42.5 Å². The molecule has 2 heteroatoms. The summed E-state index contributed by atoms with van der Waals surface area (Å²) >= 11 is 0. The van der Waals surface area contributed by atoms with Crippen LogP contribution in [0.5, 0.6) is 0 Å². The topological polar surface area (TPSA) is 4.93 Å². The normalized spacial score (nSPS) is 11.3. The third kappa shape index (κ3) is 1.20. The van der Waals surface area contributed by atoms with E-state index in [-0.39, 0.29) is 0 Å². The molecular formula is C13H12NP. The molecule has 0 aliphatic heterocycles. The number of para-hydroxylation sites is 1. The van der Waals surface area contributed by atoms with Crippen molar-refractivity contribution in [3.8, 4) is 0 Å². The molecule has 1 atom stereocenters. The zero-order valence-electron chi connectivity index (χ0n) is 8.57. The van der Waals surface area contributed by atoms with E-state index in [1.54, 1.807) is 0 Å². The molecule has 1 aromatic heterocycles. The molecule has 0 radical (unpaired) electrons. The van der Waals surface area contributed by atoms with E-state index in [0.717, 1.165) is 0 Å². The Morgan fingerprint density at radius 3 is 2.53 bits per heavy atom. The molecule has 0 bridgehead atoms. The van der Waals surface area contributed by atoms with E-state index in [9.17, 15) is 0 Å². The van der Waals surface area contributed by atoms with Gasteiger partial charge in [-0.05, 0) is 34.5 Å². The summed E-state index contributed by atoms with van der Waals surface area (Å²) in [5.74, 6) is 0. The molecule has 0 fully saturated rings. The first-order chi connectivity index (χ1) is 7.27. The Morgan fingerprint density at radius 2 is 1.67 bits per heavy atom. The van der Waals surface area contributed by atoms with E-state index in [4.69, 9.17) is 0 Å². The molecule has 1 unspecified atom stereocenters. The zero-order valence-corrected chi connectivity index (χ0v) is 9.72. The quantitative estimate of drug-likeness (QED) is 0.501. The first-order valence-corrected chi connectivity index (χ1v) is 5.54. The summed E-state index contributed by atoms with van der Waals surface area (Å²) in [5, 5.41) is 2.66. The zero-order chi connectivity index (χ0) is 10.4. The molecular weight excluding hydrogens is 201 g/mol. The average Bonchev–Trinajstić information content (AvgIpc) is 2.54. The molecule has 3 rings (SSSR count). The number of nitrogens with zero attached hydrogens (tertiary/aromatic N) is 1. The number of hydrogen-bond acceptors (Lipinski definition) is 0. The second-order valence-electron chi connectivity index (χ2n) is 3.91. The molecule has 0 spiro atoms. The number of hydrogen-bond donors (Lipinski definition) is 0. The Hall–Kier alpha value is -1.33.